The van der Waals surface area contributed by atoms with Crippen LogP contribution in [0.3, 0.4) is 0 Å². The molecule has 158 valence electrons. The molecule has 3 rings (SSSR count). The maximum Gasteiger partial charge on any atom is 0.340 e. The number of aromatic nitrogens is 1. The topological polar surface area (TPSA) is 91.9 Å². The van der Waals surface area contributed by atoms with Gasteiger partial charge in [-0.25, -0.2) is 4.79 Å². The summed E-state index contributed by atoms with van der Waals surface area (Å²) < 4.78 is 22.9. The largest absolute Gasteiger partial charge is 0.497 e. The minimum atomic E-state index is -0.564. The van der Waals surface area contributed by atoms with Crippen LogP contribution in [0.15, 0.2) is 47.1 Å². The average molecular weight is 412 g/mol. The third kappa shape index (κ3) is 4.65. The van der Waals surface area contributed by atoms with Crippen molar-refractivity contribution >= 4 is 17.6 Å². The molecule has 0 aliphatic heterocycles. The lowest BCUT2D eigenvalue weighted by atomic mass is 10.2. The Morgan fingerprint density at radius 2 is 1.90 bits per heavy atom. The van der Waals surface area contributed by atoms with Crippen LogP contribution in [0.1, 0.15) is 27.5 Å². The van der Waals surface area contributed by atoms with Gasteiger partial charge in [-0.1, -0.05) is 0 Å². The first-order valence-electron chi connectivity index (χ1n) is 9.31. The number of anilines is 1. The first-order valence-corrected chi connectivity index (χ1v) is 9.31. The molecule has 0 fully saturated rings. The lowest BCUT2D eigenvalue weighted by Crippen LogP contribution is -2.21. The molecule has 30 heavy (non-hydrogen) atoms. The van der Waals surface area contributed by atoms with E-state index in [2.05, 4.69) is 5.32 Å². The fourth-order valence-corrected chi connectivity index (χ4v) is 3.11. The van der Waals surface area contributed by atoms with Crippen LogP contribution in [0.5, 0.6) is 11.5 Å². The number of esters is 1. The summed E-state index contributed by atoms with van der Waals surface area (Å²) in [6, 6.07) is 10.4. The van der Waals surface area contributed by atoms with Crippen LogP contribution >= 0.6 is 0 Å². The second-order valence-electron chi connectivity index (χ2n) is 6.64. The smallest absolute Gasteiger partial charge is 0.340 e. The second kappa shape index (κ2) is 9.21. The highest BCUT2D eigenvalue weighted by molar-refractivity contribution is 5.97. The Bertz CT molecular complexity index is 1040. The third-order valence-electron chi connectivity index (χ3n) is 4.70. The molecule has 0 atom stereocenters. The van der Waals surface area contributed by atoms with E-state index >= 15 is 0 Å². The normalized spacial score (nSPS) is 10.5. The van der Waals surface area contributed by atoms with E-state index in [-0.39, 0.29) is 0 Å². The highest BCUT2D eigenvalue weighted by atomic mass is 16.5. The van der Waals surface area contributed by atoms with Crippen molar-refractivity contribution in [3.05, 3.63) is 65.4 Å². The fraction of sp³-hybridized carbons (Fsp3) is 0.273. The fourth-order valence-electron chi connectivity index (χ4n) is 3.11. The van der Waals surface area contributed by atoms with Crippen molar-refractivity contribution in [1.82, 2.24) is 4.57 Å². The molecule has 0 saturated heterocycles. The maximum atomic E-state index is 12.5. The van der Waals surface area contributed by atoms with Gasteiger partial charge in [-0.2, -0.15) is 0 Å². The van der Waals surface area contributed by atoms with Gasteiger partial charge in [-0.3, -0.25) is 4.79 Å². The van der Waals surface area contributed by atoms with Crippen LogP contribution in [0, 0.1) is 13.8 Å². The van der Waals surface area contributed by atoms with Gasteiger partial charge in [-0.05, 0) is 44.2 Å². The van der Waals surface area contributed by atoms with Crippen LogP contribution in [-0.4, -0.2) is 37.3 Å². The van der Waals surface area contributed by atoms with Gasteiger partial charge in [0.1, 0.15) is 17.3 Å². The molecule has 2 aromatic heterocycles. The van der Waals surface area contributed by atoms with E-state index < -0.39 is 18.5 Å². The number of ether oxygens (including phenoxy) is 3. The molecule has 1 N–H and O–H groups in total. The molecule has 2 heterocycles. The molecule has 8 heteroatoms. The standard InChI is InChI=1S/C22H24N2O6/c1-14-10-18(15(2)24(14)12-17-6-5-9-29-17)22(26)30-13-21(25)23-19-8-7-16(27-3)11-20(19)28-4/h5-11H,12-13H2,1-4H3,(H,23,25). The van der Waals surface area contributed by atoms with Gasteiger partial charge in [0, 0.05) is 17.5 Å². The van der Waals surface area contributed by atoms with Crippen molar-refractivity contribution in [1.29, 1.82) is 0 Å². The van der Waals surface area contributed by atoms with E-state index in [0.29, 0.717) is 29.3 Å². The number of nitrogens with one attached hydrogen (secondary N) is 1. The predicted octanol–water partition coefficient (Wildman–Crippen LogP) is 3.56. The van der Waals surface area contributed by atoms with Crippen molar-refractivity contribution in [2.45, 2.75) is 20.4 Å². The molecule has 3 aromatic rings. The van der Waals surface area contributed by atoms with E-state index in [0.717, 1.165) is 17.1 Å². The van der Waals surface area contributed by atoms with E-state index in [1.165, 1.54) is 14.2 Å². The minimum absolute atomic E-state index is 0.411. The summed E-state index contributed by atoms with van der Waals surface area (Å²) in [4.78, 5) is 24.8. The molecule has 1 aromatic carbocycles. The Balaban J connectivity index is 1.62. The van der Waals surface area contributed by atoms with Crippen molar-refractivity contribution in [2.75, 3.05) is 26.1 Å². The van der Waals surface area contributed by atoms with Gasteiger partial charge in [0.05, 0.1) is 38.3 Å². The van der Waals surface area contributed by atoms with Crippen molar-refractivity contribution in [3.8, 4) is 11.5 Å². The van der Waals surface area contributed by atoms with Crippen LogP contribution < -0.4 is 14.8 Å². The van der Waals surface area contributed by atoms with E-state index in [9.17, 15) is 9.59 Å². The first-order chi connectivity index (χ1) is 14.4. The molecule has 0 saturated carbocycles. The van der Waals surface area contributed by atoms with E-state index in [1.54, 1.807) is 30.5 Å². The van der Waals surface area contributed by atoms with Crippen LogP contribution in [0.2, 0.25) is 0 Å². The zero-order chi connectivity index (χ0) is 21.7. The minimum Gasteiger partial charge on any atom is -0.497 e. The summed E-state index contributed by atoms with van der Waals surface area (Å²) in [5.41, 5.74) is 2.50. The Morgan fingerprint density at radius 3 is 2.57 bits per heavy atom. The summed E-state index contributed by atoms with van der Waals surface area (Å²) in [7, 11) is 3.03. The second-order valence-corrected chi connectivity index (χ2v) is 6.64. The number of hydrogen-bond acceptors (Lipinski definition) is 6. The lowest BCUT2D eigenvalue weighted by Gasteiger charge is -2.12. The zero-order valence-electron chi connectivity index (χ0n) is 17.4. The zero-order valence-corrected chi connectivity index (χ0v) is 17.4. The first kappa shape index (κ1) is 21.0. The SMILES string of the molecule is COc1ccc(NC(=O)COC(=O)c2cc(C)n(Cc3ccco3)c2C)c(OC)c1. The number of hydrogen-bond donors (Lipinski definition) is 1. The maximum absolute atomic E-state index is 12.5. The number of nitrogens with zero attached hydrogens (tertiary/aromatic N) is 1. The monoisotopic (exact) mass is 412 g/mol. The molecular weight excluding hydrogens is 388 g/mol. The summed E-state index contributed by atoms with van der Waals surface area (Å²) in [6.07, 6.45) is 1.61. The summed E-state index contributed by atoms with van der Waals surface area (Å²) in [5.74, 6) is 0.781. The van der Waals surface area contributed by atoms with Crippen LogP contribution in [0.25, 0.3) is 0 Å². The number of furan rings is 1. The van der Waals surface area contributed by atoms with Crippen molar-refractivity contribution < 1.29 is 28.2 Å². The third-order valence-corrected chi connectivity index (χ3v) is 4.70. The van der Waals surface area contributed by atoms with Gasteiger partial charge in [0.25, 0.3) is 5.91 Å². The van der Waals surface area contributed by atoms with Crippen LogP contribution in [-0.2, 0) is 16.1 Å². The molecule has 0 unspecified atom stereocenters. The molecule has 0 spiro atoms. The number of rotatable bonds is 8. The quantitative estimate of drug-likeness (QED) is 0.569. The van der Waals surface area contributed by atoms with Crippen LogP contribution in [0.4, 0.5) is 5.69 Å². The van der Waals surface area contributed by atoms with Gasteiger partial charge in [0.15, 0.2) is 6.61 Å². The van der Waals surface area contributed by atoms with Crippen molar-refractivity contribution in [2.24, 2.45) is 0 Å². The Morgan fingerprint density at radius 1 is 1.10 bits per heavy atom. The van der Waals surface area contributed by atoms with Gasteiger partial charge >= 0.3 is 5.97 Å². The molecule has 1 amide bonds. The lowest BCUT2D eigenvalue weighted by molar-refractivity contribution is -0.119. The number of benzene rings is 1. The highest BCUT2D eigenvalue weighted by Gasteiger charge is 2.19. The number of amides is 1. The predicted molar refractivity (Wildman–Crippen MR) is 110 cm³/mol. The molecule has 0 aliphatic rings. The average Bonchev–Trinajstić information content (AvgIpc) is 3.36. The van der Waals surface area contributed by atoms with Gasteiger partial charge in [-0.15, -0.1) is 0 Å². The Kier molecular flexibility index (Phi) is 6.46. The Labute approximate surface area is 174 Å². The van der Waals surface area contributed by atoms with E-state index in [1.807, 2.05) is 30.5 Å². The summed E-state index contributed by atoms with van der Waals surface area (Å²) >= 11 is 0. The molecule has 0 aliphatic carbocycles. The molecule has 0 radical (unpaired) electrons. The van der Waals surface area contributed by atoms with Gasteiger partial charge in [0.2, 0.25) is 0 Å². The van der Waals surface area contributed by atoms with Crippen molar-refractivity contribution in [3.63, 3.8) is 0 Å². The summed E-state index contributed by atoms with van der Waals surface area (Å²) in [6.45, 7) is 3.82. The number of carbonyl (C=O) groups excluding carboxylic acids is 2. The number of aryl methyl sites for hydroxylation is 1. The molecular formula is C22H24N2O6. The molecule has 8 nitrogen and oxygen atoms in total. The Hall–Kier alpha value is -3.68. The number of carbonyl (C=O) groups is 2. The van der Waals surface area contributed by atoms with E-state index in [4.69, 9.17) is 18.6 Å². The molecule has 0 bridgehead atoms. The van der Waals surface area contributed by atoms with Gasteiger partial charge < -0.3 is 28.5 Å². The summed E-state index contributed by atoms with van der Waals surface area (Å²) in [5, 5.41) is 2.67. The highest BCUT2D eigenvalue weighted by Crippen LogP contribution is 2.29. The number of methoxy groups -OCH3 is 2.